The number of carbonyl (C=O) groups is 1. The van der Waals surface area contributed by atoms with Crippen LogP contribution in [0.4, 0.5) is 10.5 Å². The fourth-order valence-electron chi connectivity index (χ4n) is 2.44. The largest absolute Gasteiger partial charge is 0.338 e. The molecule has 0 saturated carbocycles. The molecule has 2 heterocycles. The number of aromatic nitrogens is 6. The van der Waals surface area contributed by atoms with Crippen LogP contribution in [0, 0.1) is 13.8 Å². The number of aryl methyl sites for hydroxylation is 3. The predicted molar refractivity (Wildman–Crippen MR) is 92.6 cm³/mol. The van der Waals surface area contributed by atoms with Crippen LogP contribution in [0.15, 0.2) is 30.7 Å². The number of carbonyl (C=O) groups excluding carboxylic acids is 1. The Kier molecular flexibility index (Phi) is 5.03. The second-order valence-electron chi connectivity index (χ2n) is 5.76. The van der Waals surface area contributed by atoms with Crippen molar-refractivity contribution in [3.05, 3.63) is 47.5 Å². The number of anilines is 1. The molecule has 0 spiro atoms. The van der Waals surface area contributed by atoms with Crippen molar-refractivity contribution in [2.24, 2.45) is 0 Å². The summed E-state index contributed by atoms with van der Waals surface area (Å²) in [5, 5.41) is 23.7. The van der Waals surface area contributed by atoms with E-state index >= 15 is 0 Å². The van der Waals surface area contributed by atoms with E-state index in [0.29, 0.717) is 6.54 Å². The van der Waals surface area contributed by atoms with E-state index in [-0.39, 0.29) is 6.03 Å². The van der Waals surface area contributed by atoms with Gasteiger partial charge in [-0.25, -0.2) is 9.48 Å². The molecule has 9 heteroatoms. The third-order valence-corrected chi connectivity index (χ3v) is 3.93. The van der Waals surface area contributed by atoms with E-state index in [1.807, 2.05) is 38.2 Å². The Morgan fingerprint density at radius 2 is 2.20 bits per heavy atom. The highest BCUT2D eigenvalue weighted by Gasteiger charge is 2.07. The van der Waals surface area contributed by atoms with Crippen LogP contribution in [-0.4, -0.2) is 43.0 Å². The van der Waals surface area contributed by atoms with Gasteiger partial charge < -0.3 is 10.6 Å². The molecule has 0 aliphatic heterocycles. The van der Waals surface area contributed by atoms with Crippen molar-refractivity contribution in [3.8, 4) is 5.69 Å². The zero-order valence-corrected chi connectivity index (χ0v) is 14.2. The SMILES string of the molecule is Cc1ccc(-n2cnnn2)cc1NC(=O)NCCCc1cn[nH]c1C. The van der Waals surface area contributed by atoms with Crippen molar-refractivity contribution in [1.29, 1.82) is 0 Å². The normalized spacial score (nSPS) is 10.6. The van der Waals surface area contributed by atoms with Gasteiger partial charge in [-0.05, 0) is 60.4 Å². The van der Waals surface area contributed by atoms with Crippen LogP contribution >= 0.6 is 0 Å². The summed E-state index contributed by atoms with van der Waals surface area (Å²) in [6, 6.07) is 5.40. The summed E-state index contributed by atoms with van der Waals surface area (Å²) in [5.41, 5.74) is 4.70. The molecule has 2 aromatic heterocycles. The lowest BCUT2D eigenvalue weighted by molar-refractivity contribution is 0.252. The number of nitrogens with zero attached hydrogens (tertiary/aromatic N) is 5. The maximum Gasteiger partial charge on any atom is 0.319 e. The van der Waals surface area contributed by atoms with E-state index in [2.05, 4.69) is 36.4 Å². The van der Waals surface area contributed by atoms with Crippen LogP contribution < -0.4 is 10.6 Å². The minimum atomic E-state index is -0.235. The van der Waals surface area contributed by atoms with Crippen molar-refractivity contribution < 1.29 is 4.79 Å². The van der Waals surface area contributed by atoms with Gasteiger partial charge in [0.1, 0.15) is 6.33 Å². The van der Waals surface area contributed by atoms with Gasteiger partial charge in [0.05, 0.1) is 11.9 Å². The van der Waals surface area contributed by atoms with Gasteiger partial charge in [0.2, 0.25) is 0 Å². The lowest BCUT2D eigenvalue weighted by Gasteiger charge is -2.11. The third-order valence-electron chi connectivity index (χ3n) is 3.93. The molecule has 0 unspecified atom stereocenters. The molecule has 0 bridgehead atoms. The minimum Gasteiger partial charge on any atom is -0.338 e. The number of tetrazole rings is 1. The molecule has 0 aliphatic rings. The highest BCUT2D eigenvalue weighted by atomic mass is 16.2. The summed E-state index contributed by atoms with van der Waals surface area (Å²) in [5.74, 6) is 0. The molecule has 0 saturated heterocycles. The van der Waals surface area contributed by atoms with Gasteiger partial charge >= 0.3 is 6.03 Å². The van der Waals surface area contributed by atoms with E-state index in [1.165, 1.54) is 16.6 Å². The van der Waals surface area contributed by atoms with Crippen LogP contribution in [0.5, 0.6) is 0 Å². The van der Waals surface area contributed by atoms with Crippen LogP contribution in [0.1, 0.15) is 23.2 Å². The van der Waals surface area contributed by atoms with Gasteiger partial charge in [0.15, 0.2) is 0 Å². The number of aromatic amines is 1. The zero-order valence-electron chi connectivity index (χ0n) is 14.2. The van der Waals surface area contributed by atoms with Gasteiger partial charge in [-0.3, -0.25) is 5.10 Å². The Morgan fingerprint density at radius 1 is 1.32 bits per heavy atom. The van der Waals surface area contributed by atoms with Crippen molar-refractivity contribution in [2.45, 2.75) is 26.7 Å². The first kappa shape index (κ1) is 16.6. The number of rotatable bonds is 6. The van der Waals surface area contributed by atoms with E-state index in [1.54, 1.807) is 0 Å². The number of benzene rings is 1. The van der Waals surface area contributed by atoms with E-state index in [0.717, 1.165) is 35.5 Å². The van der Waals surface area contributed by atoms with E-state index < -0.39 is 0 Å². The predicted octanol–water partition coefficient (Wildman–Crippen LogP) is 1.76. The molecule has 9 nitrogen and oxygen atoms in total. The zero-order chi connectivity index (χ0) is 17.6. The Morgan fingerprint density at radius 3 is 2.92 bits per heavy atom. The summed E-state index contributed by atoms with van der Waals surface area (Å²) >= 11 is 0. The number of hydrogen-bond acceptors (Lipinski definition) is 5. The summed E-state index contributed by atoms with van der Waals surface area (Å²) in [7, 11) is 0. The molecule has 0 atom stereocenters. The van der Waals surface area contributed by atoms with Crippen molar-refractivity contribution in [1.82, 2.24) is 35.7 Å². The highest BCUT2D eigenvalue weighted by molar-refractivity contribution is 5.90. The molecule has 0 fully saturated rings. The number of H-pyrrole nitrogens is 1. The van der Waals surface area contributed by atoms with Crippen LogP contribution in [0.3, 0.4) is 0 Å². The molecule has 0 aliphatic carbocycles. The number of hydrogen-bond donors (Lipinski definition) is 3. The molecule has 0 radical (unpaired) electrons. The average molecular weight is 340 g/mol. The Hall–Kier alpha value is -3.23. The van der Waals surface area contributed by atoms with Crippen LogP contribution in [-0.2, 0) is 6.42 Å². The summed E-state index contributed by atoms with van der Waals surface area (Å²) < 4.78 is 1.54. The molecule has 2 amide bonds. The molecule has 1 aromatic carbocycles. The molecule has 25 heavy (non-hydrogen) atoms. The molecular weight excluding hydrogens is 320 g/mol. The van der Waals surface area contributed by atoms with Crippen LogP contribution in [0.25, 0.3) is 5.69 Å². The first-order chi connectivity index (χ1) is 12.1. The Labute approximate surface area is 144 Å². The quantitative estimate of drug-likeness (QED) is 0.592. The number of urea groups is 1. The van der Waals surface area contributed by atoms with Crippen molar-refractivity contribution in [3.63, 3.8) is 0 Å². The Balaban J connectivity index is 1.52. The average Bonchev–Trinajstić information content (AvgIpc) is 3.26. The van der Waals surface area contributed by atoms with Gasteiger partial charge in [-0.1, -0.05) is 6.07 Å². The number of amides is 2. The lowest BCUT2D eigenvalue weighted by atomic mass is 10.1. The molecule has 130 valence electrons. The van der Waals surface area contributed by atoms with Gasteiger partial charge in [-0.2, -0.15) is 5.10 Å². The fourth-order valence-corrected chi connectivity index (χ4v) is 2.44. The van der Waals surface area contributed by atoms with Crippen molar-refractivity contribution in [2.75, 3.05) is 11.9 Å². The first-order valence-corrected chi connectivity index (χ1v) is 8.01. The summed E-state index contributed by atoms with van der Waals surface area (Å²) in [4.78, 5) is 12.1. The van der Waals surface area contributed by atoms with Gasteiger partial charge in [-0.15, -0.1) is 5.10 Å². The maximum absolute atomic E-state index is 12.1. The maximum atomic E-state index is 12.1. The highest BCUT2D eigenvalue weighted by Crippen LogP contribution is 2.18. The molecule has 3 aromatic rings. The molecular formula is C16H20N8O. The first-order valence-electron chi connectivity index (χ1n) is 8.01. The van der Waals surface area contributed by atoms with Gasteiger partial charge in [0, 0.05) is 17.9 Å². The summed E-state index contributed by atoms with van der Waals surface area (Å²) in [6.07, 6.45) is 5.05. The number of nitrogens with one attached hydrogen (secondary N) is 3. The molecule has 3 rings (SSSR count). The second kappa shape index (κ2) is 7.56. The minimum absolute atomic E-state index is 0.235. The smallest absolute Gasteiger partial charge is 0.319 e. The Bertz CT molecular complexity index is 840. The van der Waals surface area contributed by atoms with Crippen molar-refractivity contribution >= 4 is 11.7 Å². The monoisotopic (exact) mass is 340 g/mol. The topological polar surface area (TPSA) is 113 Å². The van der Waals surface area contributed by atoms with Crippen LogP contribution in [0.2, 0.25) is 0 Å². The second-order valence-corrected chi connectivity index (χ2v) is 5.76. The lowest BCUT2D eigenvalue weighted by Crippen LogP contribution is -2.30. The van der Waals surface area contributed by atoms with E-state index in [4.69, 9.17) is 0 Å². The molecule has 3 N–H and O–H groups in total. The third kappa shape index (κ3) is 4.19. The summed E-state index contributed by atoms with van der Waals surface area (Å²) in [6.45, 7) is 4.51. The van der Waals surface area contributed by atoms with Gasteiger partial charge in [0.25, 0.3) is 0 Å². The standard InChI is InChI=1S/C16H20N8O/c1-11-5-6-14(24-10-19-22-23-24)8-15(11)20-16(25)17-7-3-4-13-9-18-21-12(13)2/h5-6,8-10H,3-4,7H2,1-2H3,(H,18,21)(H2,17,20,25). The fraction of sp³-hybridized carbons (Fsp3) is 0.312. The van der Waals surface area contributed by atoms with E-state index in [9.17, 15) is 4.79 Å².